The van der Waals surface area contributed by atoms with E-state index < -0.39 is 0 Å². The van der Waals surface area contributed by atoms with Gasteiger partial charge in [0, 0.05) is 43.1 Å². The van der Waals surface area contributed by atoms with Gasteiger partial charge in [0.05, 0.1) is 66.9 Å². The van der Waals surface area contributed by atoms with Crippen LogP contribution in [0.3, 0.4) is 0 Å². The molecule has 0 bridgehead atoms. The molecular weight excluding hydrogens is 1020 g/mol. The predicted molar refractivity (Wildman–Crippen MR) is 357 cm³/mol. The second kappa shape index (κ2) is 18.3. The van der Waals surface area contributed by atoms with Crippen LogP contribution >= 0.6 is 0 Å². The normalized spacial score (nSPS) is 12.1. The van der Waals surface area contributed by atoms with E-state index in [9.17, 15) is 10.5 Å². The van der Waals surface area contributed by atoms with Gasteiger partial charge in [-0.2, -0.15) is 10.5 Å². The van der Waals surface area contributed by atoms with Gasteiger partial charge in [0.15, 0.2) is 0 Å². The average Bonchev–Trinajstić information content (AvgIpc) is 2.18. The summed E-state index contributed by atoms with van der Waals surface area (Å²) >= 11 is 0. The van der Waals surface area contributed by atoms with E-state index in [1.807, 2.05) is 0 Å². The van der Waals surface area contributed by atoms with Crippen LogP contribution in [0.25, 0.3) is 110 Å². The van der Waals surface area contributed by atoms with Gasteiger partial charge < -0.3 is 18.3 Å². The topological polar surface area (TPSA) is 67.3 Å². The fraction of sp³-hybridized carbons (Fsp3) is 0.282. The molecule has 6 heteroatoms. The number of benzene rings is 9. The van der Waals surface area contributed by atoms with Crippen molar-refractivity contribution in [1.82, 2.24) is 18.3 Å². The molecule has 13 rings (SSSR count). The Morgan fingerprint density at radius 2 is 0.512 bits per heavy atom. The second-order valence-corrected chi connectivity index (χ2v) is 25.4. The van der Waals surface area contributed by atoms with E-state index in [1.165, 1.54) is 132 Å². The molecule has 9 aromatic carbocycles. The maximum Gasteiger partial charge on any atom is 0.104 e. The van der Waals surface area contributed by atoms with Gasteiger partial charge in [0.2, 0.25) is 0 Å². The van der Waals surface area contributed by atoms with Crippen molar-refractivity contribution < 1.29 is 0 Å². The van der Waals surface area contributed by atoms with Crippen LogP contribution in [-0.2, 0) is 0 Å². The third kappa shape index (κ3) is 6.55. The maximum atomic E-state index is 13.1. The van der Waals surface area contributed by atoms with Gasteiger partial charge in [-0.3, -0.25) is 0 Å². The van der Waals surface area contributed by atoms with Crippen LogP contribution in [0.4, 0.5) is 0 Å². The van der Waals surface area contributed by atoms with E-state index in [4.69, 9.17) is 0 Å². The van der Waals surface area contributed by atoms with E-state index in [1.54, 1.807) is 0 Å². The highest BCUT2D eigenvalue weighted by Crippen LogP contribution is 2.54. The number of hydrogen-bond acceptors (Lipinski definition) is 2. The summed E-state index contributed by atoms with van der Waals surface area (Å²) in [5, 5.41) is 35.6. The molecule has 0 radical (unpaired) electrons. The first-order chi connectivity index (χ1) is 39.9. The lowest BCUT2D eigenvalue weighted by atomic mass is 9.90. The Morgan fingerprint density at radius 3 is 0.810 bits per heavy atom. The van der Waals surface area contributed by atoms with E-state index in [2.05, 4.69) is 243 Å². The molecule has 4 aromatic heterocycles. The lowest BCUT2D eigenvalue weighted by Gasteiger charge is -2.29. The van der Waals surface area contributed by atoms with Crippen molar-refractivity contribution in [3.05, 3.63) is 194 Å². The number of para-hydroxylation sites is 2. The first-order valence-corrected chi connectivity index (χ1v) is 29.9. The Balaban J connectivity index is 1.53. The molecule has 0 unspecified atom stereocenters. The van der Waals surface area contributed by atoms with E-state index in [0.29, 0.717) is 16.8 Å². The number of rotatable bonds is 4. The number of nitriles is 2. The van der Waals surface area contributed by atoms with Gasteiger partial charge >= 0.3 is 0 Å². The number of hydrogen-bond donors (Lipinski definition) is 0. The summed E-state index contributed by atoms with van der Waals surface area (Å²) in [5.74, 6) is 0. The first kappa shape index (κ1) is 54.4. The number of fused-ring (bicyclic) bond motifs is 12. The third-order valence-corrected chi connectivity index (χ3v) is 21.8. The van der Waals surface area contributed by atoms with Gasteiger partial charge in [0.1, 0.15) is 23.3 Å². The molecular formula is C78H76N6. The van der Waals surface area contributed by atoms with Crippen LogP contribution in [0.1, 0.15) is 134 Å². The highest BCUT2D eigenvalue weighted by atomic mass is 15.1. The van der Waals surface area contributed by atoms with Gasteiger partial charge in [0.25, 0.3) is 0 Å². The molecule has 0 aliphatic heterocycles. The number of aryl methyl sites for hydroxylation is 14. The molecule has 0 saturated carbocycles. The first-order valence-electron chi connectivity index (χ1n) is 29.9. The fourth-order valence-electron chi connectivity index (χ4n) is 15.8. The molecule has 4 heterocycles. The molecule has 6 nitrogen and oxygen atoms in total. The largest absolute Gasteiger partial charge is 0.306 e. The smallest absolute Gasteiger partial charge is 0.104 e. The van der Waals surface area contributed by atoms with Crippen LogP contribution in [0.15, 0.2) is 60.7 Å². The zero-order valence-corrected chi connectivity index (χ0v) is 53.5. The lowest BCUT2D eigenvalue weighted by molar-refractivity contribution is 1.00. The summed E-state index contributed by atoms with van der Waals surface area (Å²) in [6.07, 6.45) is 0. The second-order valence-electron chi connectivity index (χ2n) is 25.4. The Labute approximate surface area is 494 Å². The van der Waals surface area contributed by atoms with Crippen molar-refractivity contribution in [3.63, 3.8) is 0 Å². The standard InChI is InChI=1S/C78H76N6/c1-35-31-37(3)69-63(39(35)5)65-49(15)41(7)45(11)53(19)71(65)82(69)76-59(33-79)75(81-61-29-25-23-27-57(61)58-28-24-26-30-62(58)81)60(34-80)77(83-70-38(4)32-36(2)40(6)64(70)66-50(16)42(8)46(12)54(20)72(66)83)78(76)84-73-55(21)47(13)43(9)51(17)67(73)68-52(18)44(10)48(14)56(22)74(68)84/h23-32H,1-22H3. The Bertz CT molecular complexity index is 5050. The molecule has 13 aromatic rings. The number of aromatic nitrogens is 4. The monoisotopic (exact) mass is 1100 g/mol. The molecule has 84 heavy (non-hydrogen) atoms. The van der Waals surface area contributed by atoms with E-state index in [-0.39, 0.29) is 0 Å². The fourth-order valence-corrected chi connectivity index (χ4v) is 15.8. The molecule has 418 valence electrons. The molecule has 0 spiro atoms. The molecule has 0 fully saturated rings. The Hall–Kier alpha value is -8.84. The zero-order chi connectivity index (χ0) is 60.2. The van der Waals surface area contributed by atoms with Crippen LogP contribution in [0.2, 0.25) is 0 Å². The molecule has 0 N–H and O–H groups in total. The zero-order valence-electron chi connectivity index (χ0n) is 53.5. The summed E-state index contributed by atoms with van der Waals surface area (Å²) in [7, 11) is 0. The minimum absolute atomic E-state index is 0.430. The summed E-state index contributed by atoms with van der Waals surface area (Å²) in [5.41, 5.74) is 38.8. The quantitative estimate of drug-likeness (QED) is 0.176. The highest BCUT2D eigenvalue weighted by molar-refractivity contribution is 6.21. The van der Waals surface area contributed by atoms with Crippen molar-refractivity contribution in [2.75, 3.05) is 0 Å². The summed E-state index contributed by atoms with van der Waals surface area (Å²) < 4.78 is 9.92. The van der Waals surface area contributed by atoms with Crippen LogP contribution < -0.4 is 0 Å². The average molecular weight is 1100 g/mol. The minimum atomic E-state index is 0.430. The van der Waals surface area contributed by atoms with Crippen molar-refractivity contribution >= 4 is 87.2 Å². The van der Waals surface area contributed by atoms with Crippen molar-refractivity contribution in [1.29, 1.82) is 10.5 Å². The Kier molecular flexibility index (Phi) is 11.9. The maximum absolute atomic E-state index is 13.1. The summed E-state index contributed by atoms with van der Waals surface area (Å²) in [6.45, 7) is 50.2. The van der Waals surface area contributed by atoms with Gasteiger partial charge in [-0.25, -0.2) is 0 Å². The third-order valence-electron chi connectivity index (χ3n) is 21.8. The molecule has 0 saturated heterocycles. The van der Waals surface area contributed by atoms with E-state index >= 15 is 0 Å². The van der Waals surface area contributed by atoms with Crippen molar-refractivity contribution in [3.8, 4) is 34.9 Å². The summed E-state index contributed by atoms with van der Waals surface area (Å²) in [4.78, 5) is 0. The number of nitrogens with zero attached hydrogens (tertiary/aromatic N) is 6. The SMILES string of the molecule is Cc1cc(C)c2c(c1C)c1c(C)c(C)c(C)c(C)c1n2-c1c(C#N)c(-n2c3ccccc3c3ccccc32)c(C#N)c(-n2c3c(C)cc(C)c(C)c3c3c(C)c(C)c(C)c(C)c32)c1-n1c2c(C)c(C)c(C)c(C)c2c2c(C)c(C)c(C)c(C)c21. The van der Waals surface area contributed by atoms with E-state index in [0.717, 1.165) is 94.2 Å². The molecule has 0 amide bonds. The van der Waals surface area contributed by atoms with Crippen molar-refractivity contribution in [2.45, 2.75) is 152 Å². The molecule has 0 aliphatic rings. The van der Waals surface area contributed by atoms with Crippen LogP contribution in [0.5, 0.6) is 0 Å². The lowest BCUT2D eigenvalue weighted by Crippen LogP contribution is -2.18. The minimum Gasteiger partial charge on any atom is -0.306 e. The highest BCUT2D eigenvalue weighted by Gasteiger charge is 2.38. The van der Waals surface area contributed by atoms with Gasteiger partial charge in [-0.1, -0.05) is 48.5 Å². The van der Waals surface area contributed by atoms with Gasteiger partial charge in [-0.05, 0) is 287 Å². The molecule has 0 atom stereocenters. The van der Waals surface area contributed by atoms with Crippen LogP contribution in [-0.4, -0.2) is 18.3 Å². The van der Waals surface area contributed by atoms with Crippen LogP contribution in [0, 0.1) is 175 Å². The van der Waals surface area contributed by atoms with Crippen molar-refractivity contribution in [2.24, 2.45) is 0 Å². The predicted octanol–water partition coefficient (Wildman–Crippen LogP) is 20.6. The summed E-state index contributed by atoms with van der Waals surface area (Å²) in [6, 6.07) is 27.9. The Morgan fingerprint density at radius 1 is 0.250 bits per heavy atom. The molecule has 0 aliphatic carbocycles. The van der Waals surface area contributed by atoms with Gasteiger partial charge in [-0.15, -0.1) is 0 Å².